The zero-order valence-corrected chi connectivity index (χ0v) is 18.1. The van der Waals surface area contributed by atoms with Gasteiger partial charge in [0.15, 0.2) is 5.82 Å². The van der Waals surface area contributed by atoms with Gasteiger partial charge in [-0.25, -0.2) is 23.7 Å². The van der Waals surface area contributed by atoms with Crippen LogP contribution in [0.3, 0.4) is 0 Å². The van der Waals surface area contributed by atoms with Crippen LogP contribution < -0.4 is 4.74 Å². The number of nitrogens with zero attached hydrogens (tertiary/aromatic N) is 4. The second-order valence-electron chi connectivity index (χ2n) is 8.03. The minimum Gasteiger partial charge on any atom is -0.436 e. The average Bonchev–Trinajstić information content (AvgIpc) is 3.35. The van der Waals surface area contributed by atoms with E-state index in [0.29, 0.717) is 24.2 Å². The fourth-order valence-electron chi connectivity index (χ4n) is 4.29. The number of aromatic nitrogens is 3. The van der Waals surface area contributed by atoms with E-state index in [1.807, 2.05) is 12.1 Å². The molecule has 1 unspecified atom stereocenters. The van der Waals surface area contributed by atoms with Gasteiger partial charge in [0.1, 0.15) is 17.9 Å². The lowest BCUT2D eigenvalue weighted by molar-refractivity contribution is -0.125. The normalized spacial score (nSPS) is 15.5. The number of fused-ring (bicyclic) bond motifs is 1. The third kappa shape index (κ3) is 4.10. The predicted molar refractivity (Wildman–Crippen MR) is 123 cm³/mol. The van der Waals surface area contributed by atoms with E-state index in [1.165, 1.54) is 36.8 Å². The Bertz CT molecular complexity index is 1410. The number of ether oxygens (including phenoxy) is 1. The summed E-state index contributed by atoms with van der Waals surface area (Å²) in [6.07, 6.45) is 6.66. The van der Waals surface area contributed by atoms with Crippen molar-refractivity contribution in [1.82, 2.24) is 19.9 Å². The van der Waals surface area contributed by atoms with Gasteiger partial charge in [-0.3, -0.25) is 4.79 Å². The number of likely N-dealkylation sites (tertiary alicyclic amines) is 1. The molecule has 2 aromatic carbocycles. The van der Waals surface area contributed by atoms with Crippen LogP contribution in [-0.4, -0.2) is 38.8 Å². The Hall–Kier alpha value is -4.20. The highest BCUT2D eigenvalue weighted by Gasteiger charge is 2.28. The first kappa shape index (κ1) is 21.6. The number of hydrogen-bond acceptors (Lipinski definition) is 5. The fourth-order valence-corrected chi connectivity index (χ4v) is 4.29. The largest absolute Gasteiger partial charge is 0.436 e. The van der Waals surface area contributed by atoms with Gasteiger partial charge in [-0.1, -0.05) is 6.58 Å². The molecule has 6 nitrogen and oxygen atoms in total. The molecule has 0 saturated carbocycles. The van der Waals surface area contributed by atoms with Gasteiger partial charge < -0.3 is 9.64 Å². The van der Waals surface area contributed by atoms with Crippen molar-refractivity contribution < 1.29 is 18.3 Å². The van der Waals surface area contributed by atoms with Crippen LogP contribution in [0.2, 0.25) is 0 Å². The Morgan fingerprint density at radius 3 is 2.82 bits per heavy atom. The Kier molecular flexibility index (Phi) is 5.71. The van der Waals surface area contributed by atoms with Crippen LogP contribution in [0.5, 0.6) is 11.6 Å². The van der Waals surface area contributed by atoms with Crippen molar-refractivity contribution in [3.05, 3.63) is 91.0 Å². The number of rotatable bonds is 5. The molecule has 2 aromatic heterocycles. The lowest BCUT2D eigenvalue weighted by Gasteiger charge is -2.17. The van der Waals surface area contributed by atoms with Crippen LogP contribution in [-0.2, 0) is 4.79 Å². The van der Waals surface area contributed by atoms with Gasteiger partial charge in [0.2, 0.25) is 5.91 Å². The lowest BCUT2D eigenvalue weighted by Crippen LogP contribution is -2.26. The fraction of sp³-hybridized carbons (Fsp3) is 0.154. The van der Waals surface area contributed by atoms with Crippen molar-refractivity contribution in [2.24, 2.45) is 0 Å². The minimum absolute atomic E-state index is 0.0547. The Morgan fingerprint density at radius 2 is 2.03 bits per heavy atom. The molecule has 0 N–H and O–H groups in total. The Balaban J connectivity index is 1.51. The molecule has 1 fully saturated rings. The SMILES string of the molecule is C=CC(=O)N1CCC(c2cc(-c3ccc(Oc4ncccc4F)cc3F)cc3cncnc23)C1. The van der Waals surface area contributed by atoms with Gasteiger partial charge in [-0.05, 0) is 60.0 Å². The zero-order valence-electron chi connectivity index (χ0n) is 18.1. The summed E-state index contributed by atoms with van der Waals surface area (Å²) in [6.45, 7) is 4.73. The van der Waals surface area contributed by atoms with Crippen molar-refractivity contribution in [3.63, 3.8) is 0 Å². The molecule has 1 atom stereocenters. The summed E-state index contributed by atoms with van der Waals surface area (Å²) < 4.78 is 34.4. The average molecular weight is 458 g/mol. The molecule has 0 bridgehead atoms. The molecule has 1 aliphatic rings. The number of carbonyl (C=O) groups excluding carboxylic acids is 1. The topological polar surface area (TPSA) is 68.2 Å². The predicted octanol–water partition coefficient (Wildman–Crippen LogP) is 5.26. The molecule has 34 heavy (non-hydrogen) atoms. The molecular weight excluding hydrogens is 438 g/mol. The summed E-state index contributed by atoms with van der Waals surface area (Å²) >= 11 is 0. The first-order chi connectivity index (χ1) is 16.5. The van der Waals surface area contributed by atoms with Gasteiger partial charge in [0, 0.05) is 48.4 Å². The van der Waals surface area contributed by atoms with E-state index >= 15 is 4.39 Å². The standard InChI is InChI=1S/C26H20F2N4O2/c1-2-24(33)32-9-7-16(14-32)21-11-17(10-18-13-29-15-31-25(18)21)20-6-5-19(12-23(20)28)34-26-22(27)4-3-8-30-26/h2-6,8,10-13,15-16H,1,7,9,14H2. The molecular formula is C26H20F2N4O2. The molecule has 170 valence electrons. The highest BCUT2D eigenvalue weighted by Crippen LogP contribution is 2.37. The van der Waals surface area contributed by atoms with Crippen LogP contribution in [0, 0.1) is 11.6 Å². The number of carbonyl (C=O) groups is 1. The summed E-state index contributed by atoms with van der Waals surface area (Å²) in [7, 11) is 0. The number of amides is 1. The van der Waals surface area contributed by atoms with E-state index in [9.17, 15) is 9.18 Å². The Morgan fingerprint density at radius 1 is 1.15 bits per heavy atom. The minimum atomic E-state index is -0.633. The van der Waals surface area contributed by atoms with Crippen molar-refractivity contribution in [2.75, 3.05) is 13.1 Å². The molecule has 0 spiro atoms. The van der Waals surface area contributed by atoms with E-state index in [4.69, 9.17) is 4.74 Å². The number of halogens is 2. The van der Waals surface area contributed by atoms with Gasteiger partial charge >= 0.3 is 0 Å². The summed E-state index contributed by atoms with van der Waals surface area (Å²) in [5.41, 5.74) is 2.73. The second-order valence-corrected chi connectivity index (χ2v) is 8.03. The van der Waals surface area contributed by atoms with E-state index in [1.54, 1.807) is 23.2 Å². The first-order valence-electron chi connectivity index (χ1n) is 10.8. The molecule has 5 rings (SSSR count). The number of benzene rings is 2. The van der Waals surface area contributed by atoms with Crippen LogP contribution in [0.1, 0.15) is 17.9 Å². The van der Waals surface area contributed by atoms with E-state index < -0.39 is 11.6 Å². The van der Waals surface area contributed by atoms with E-state index in [-0.39, 0.29) is 23.5 Å². The molecule has 0 aliphatic carbocycles. The van der Waals surface area contributed by atoms with Gasteiger partial charge in [0.05, 0.1) is 5.52 Å². The highest BCUT2D eigenvalue weighted by molar-refractivity contribution is 5.89. The first-order valence-corrected chi connectivity index (χ1v) is 10.8. The van der Waals surface area contributed by atoms with Crippen molar-refractivity contribution in [3.8, 4) is 22.8 Å². The number of pyridine rings is 1. The number of hydrogen-bond donors (Lipinski definition) is 0. The van der Waals surface area contributed by atoms with Crippen LogP contribution in [0.4, 0.5) is 8.78 Å². The highest BCUT2D eigenvalue weighted by atomic mass is 19.1. The summed E-state index contributed by atoms with van der Waals surface area (Å²) in [6, 6.07) is 10.8. The molecule has 3 heterocycles. The van der Waals surface area contributed by atoms with Crippen LogP contribution in [0.25, 0.3) is 22.0 Å². The maximum absolute atomic E-state index is 15.2. The summed E-state index contributed by atoms with van der Waals surface area (Å²) in [5.74, 6) is -1.29. The maximum atomic E-state index is 15.2. The van der Waals surface area contributed by atoms with Crippen molar-refractivity contribution in [2.45, 2.75) is 12.3 Å². The molecule has 1 saturated heterocycles. The van der Waals surface area contributed by atoms with Gasteiger partial charge in [0.25, 0.3) is 5.88 Å². The lowest BCUT2D eigenvalue weighted by atomic mass is 9.91. The zero-order chi connectivity index (χ0) is 23.7. The van der Waals surface area contributed by atoms with Gasteiger partial charge in [-0.15, -0.1) is 0 Å². The quantitative estimate of drug-likeness (QED) is 0.382. The van der Waals surface area contributed by atoms with E-state index in [2.05, 4.69) is 21.5 Å². The summed E-state index contributed by atoms with van der Waals surface area (Å²) in [4.78, 5) is 26.2. The maximum Gasteiger partial charge on any atom is 0.255 e. The molecule has 0 radical (unpaired) electrons. The van der Waals surface area contributed by atoms with Crippen molar-refractivity contribution in [1.29, 1.82) is 0 Å². The third-order valence-corrected chi connectivity index (χ3v) is 5.94. The van der Waals surface area contributed by atoms with Crippen molar-refractivity contribution >= 4 is 16.8 Å². The Labute approximate surface area is 194 Å². The summed E-state index contributed by atoms with van der Waals surface area (Å²) in [5, 5.41) is 0.777. The second kappa shape index (κ2) is 8.97. The molecule has 4 aromatic rings. The van der Waals surface area contributed by atoms with Gasteiger partial charge in [-0.2, -0.15) is 0 Å². The monoisotopic (exact) mass is 458 g/mol. The van der Waals surface area contributed by atoms with Crippen LogP contribution >= 0.6 is 0 Å². The smallest absolute Gasteiger partial charge is 0.255 e. The van der Waals surface area contributed by atoms with E-state index in [0.717, 1.165) is 22.9 Å². The third-order valence-electron chi connectivity index (χ3n) is 5.94. The molecule has 1 amide bonds. The molecule has 8 heteroatoms. The molecule has 1 aliphatic heterocycles. The van der Waals surface area contributed by atoms with Crippen LogP contribution in [0.15, 0.2) is 73.8 Å².